The maximum atomic E-state index is 13.6. The van der Waals surface area contributed by atoms with Crippen LogP contribution in [0.1, 0.15) is 68.8 Å². The number of ketones is 2. The van der Waals surface area contributed by atoms with Crippen LogP contribution >= 0.6 is 12.4 Å². The van der Waals surface area contributed by atoms with Gasteiger partial charge in [-0.2, -0.15) is 0 Å². The number of nitro benzene ring substituents is 1. The number of rotatable bonds is 6. The molecule has 3 aromatic rings. The molecule has 6 atom stereocenters. The van der Waals surface area contributed by atoms with Gasteiger partial charge in [0.05, 0.1) is 34.4 Å². The maximum absolute atomic E-state index is 13.6. The number of aromatic hydroxyl groups is 2. The number of nitrogens with zero attached hydrogens (tertiary/aromatic N) is 1. The second-order valence-electron chi connectivity index (χ2n) is 11.9. The predicted molar refractivity (Wildman–Crippen MR) is 168 cm³/mol. The number of fused-ring (bicyclic) bond motifs is 3. The lowest BCUT2D eigenvalue weighted by atomic mass is 9.73. The highest BCUT2D eigenvalue weighted by Gasteiger charge is 2.48. The van der Waals surface area contributed by atoms with Crippen LogP contribution in [0.25, 0.3) is 0 Å². The predicted octanol–water partition coefficient (Wildman–Crippen LogP) is 3.01. The molecule has 1 aliphatic heterocycles. The molecule has 15 nitrogen and oxygen atoms in total. The molecule has 1 fully saturated rings. The van der Waals surface area contributed by atoms with Crippen molar-refractivity contribution in [2.45, 2.75) is 62.4 Å². The summed E-state index contributed by atoms with van der Waals surface area (Å²) in [5.74, 6) is -2.66. The molecule has 0 spiro atoms. The first-order valence-electron chi connectivity index (χ1n) is 14.7. The molecule has 1 amide bonds. The molecule has 1 heterocycles. The zero-order valence-corrected chi connectivity index (χ0v) is 26.1. The van der Waals surface area contributed by atoms with E-state index in [0.717, 1.165) is 0 Å². The zero-order chi connectivity index (χ0) is 33.8. The molecule has 7 N–H and O–H groups in total. The van der Waals surface area contributed by atoms with Gasteiger partial charge < -0.3 is 40.4 Å². The van der Waals surface area contributed by atoms with Crippen molar-refractivity contribution < 1.29 is 53.9 Å². The number of hydrogen-bond donors (Lipinski definition) is 6. The molecule has 0 aromatic heterocycles. The summed E-state index contributed by atoms with van der Waals surface area (Å²) in [5, 5.41) is 58.4. The number of nitrogens with two attached hydrogens (primary N) is 1. The third-order valence-electron chi connectivity index (χ3n) is 8.72. The number of hydrogen-bond acceptors (Lipinski definition) is 13. The van der Waals surface area contributed by atoms with Crippen LogP contribution in [0.4, 0.5) is 16.2 Å². The van der Waals surface area contributed by atoms with Gasteiger partial charge in [-0.3, -0.25) is 25.0 Å². The smallest absolute Gasteiger partial charge is 0.411 e. The van der Waals surface area contributed by atoms with E-state index in [1.165, 1.54) is 36.4 Å². The minimum atomic E-state index is -1.94. The van der Waals surface area contributed by atoms with Crippen molar-refractivity contribution in [3.05, 3.63) is 92.0 Å². The summed E-state index contributed by atoms with van der Waals surface area (Å²) < 4.78 is 17.3. The van der Waals surface area contributed by atoms with Gasteiger partial charge in [-0.05, 0) is 19.1 Å². The van der Waals surface area contributed by atoms with Gasteiger partial charge >= 0.3 is 6.09 Å². The number of carbonyl (C=O) groups is 3. The van der Waals surface area contributed by atoms with Crippen molar-refractivity contribution in [1.29, 1.82) is 0 Å². The van der Waals surface area contributed by atoms with E-state index in [-0.39, 0.29) is 58.9 Å². The van der Waals surface area contributed by atoms with Crippen molar-refractivity contribution in [2.24, 2.45) is 5.73 Å². The molecule has 254 valence electrons. The largest absolute Gasteiger partial charge is 0.507 e. The molecule has 1 saturated heterocycles. The number of nitro groups is 1. The summed E-state index contributed by atoms with van der Waals surface area (Å²) in [6.07, 6.45) is -5.79. The Hall–Kier alpha value is -4.64. The van der Waals surface area contributed by atoms with Crippen LogP contribution in [0.5, 0.6) is 11.5 Å². The quantitative estimate of drug-likeness (QED) is 0.0973. The fourth-order valence-corrected chi connectivity index (χ4v) is 6.36. The number of phenols is 2. The second kappa shape index (κ2) is 13.1. The van der Waals surface area contributed by atoms with Gasteiger partial charge in [-0.15, -0.1) is 12.4 Å². The van der Waals surface area contributed by atoms with Gasteiger partial charge in [0.15, 0.2) is 17.9 Å². The van der Waals surface area contributed by atoms with Gasteiger partial charge in [0.2, 0.25) is 0 Å². The number of anilines is 1. The summed E-state index contributed by atoms with van der Waals surface area (Å²) in [4.78, 5) is 50.0. The molecular weight excluding hydrogens is 654 g/mol. The maximum Gasteiger partial charge on any atom is 0.411 e. The minimum absolute atomic E-state index is 0. The van der Waals surface area contributed by atoms with E-state index >= 15 is 0 Å². The van der Waals surface area contributed by atoms with Crippen molar-refractivity contribution in [2.75, 3.05) is 11.9 Å². The number of phenolic OH excluding ortho intramolecular Hbond substituents is 2. The number of carbonyl (C=O) groups excluding carboxylic acids is 3. The normalized spacial score (nSPS) is 26.0. The van der Waals surface area contributed by atoms with E-state index in [9.17, 15) is 44.9 Å². The van der Waals surface area contributed by atoms with Crippen molar-refractivity contribution in [1.82, 2.24) is 0 Å². The molecule has 3 aromatic carbocycles. The SMILES string of the molecule is C[C@H]1O[C@@H](O[C@H]2CC(O)(COC(=O)Nc3ccc([N+](=O)[O-])cc3)Cc3c(O)c4c(c(O)c32)C(=O)c2ccccc2C4=O)C[C@H](N)[C@H]1O.Cl. The highest BCUT2D eigenvalue weighted by atomic mass is 35.5. The molecule has 0 saturated carbocycles. The summed E-state index contributed by atoms with van der Waals surface area (Å²) in [7, 11) is 0. The first-order valence-corrected chi connectivity index (χ1v) is 14.7. The second-order valence-corrected chi connectivity index (χ2v) is 11.9. The molecule has 0 bridgehead atoms. The number of amides is 1. The molecule has 2 aliphatic carbocycles. The summed E-state index contributed by atoms with van der Waals surface area (Å²) in [6, 6.07) is 10.2. The van der Waals surface area contributed by atoms with Gasteiger partial charge in [-0.1, -0.05) is 24.3 Å². The van der Waals surface area contributed by atoms with Crippen molar-refractivity contribution >= 4 is 41.4 Å². The van der Waals surface area contributed by atoms with E-state index in [4.69, 9.17) is 19.9 Å². The molecule has 3 aliphatic rings. The van der Waals surface area contributed by atoms with Crippen LogP contribution in [-0.4, -0.2) is 79.8 Å². The number of aliphatic hydroxyl groups excluding tert-OH is 1. The monoisotopic (exact) mass is 685 g/mol. The Morgan fingerprint density at radius 3 is 2.27 bits per heavy atom. The third kappa shape index (κ3) is 6.19. The molecule has 1 unspecified atom stereocenters. The lowest BCUT2D eigenvalue weighted by Crippen LogP contribution is -2.52. The Kier molecular flexibility index (Phi) is 9.47. The zero-order valence-electron chi connectivity index (χ0n) is 25.3. The molecule has 48 heavy (non-hydrogen) atoms. The van der Waals surface area contributed by atoms with E-state index < -0.39 is 94.5 Å². The number of nitrogens with one attached hydrogen (secondary N) is 1. The Balaban J connectivity index is 0.00000451. The average molecular weight is 686 g/mol. The Labute approximate surface area is 278 Å². The third-order valence-corrected chi connectivity index (χ3v) is 8.72. The van der Waals surface area contributed by atoms with Gasteiger partial charge in [0, 0.05) is 65.4 Å². The summed E-state index contributed by atoms with van der Waals surface area (Å²) in [5.41, 5.74) is 3.20. The van der Waals surface area contributed by atoms with E-state index in [0.29, 0.717) is 0 Å². The number of aliphatic hydroxyl groups is 2. The van der Waals surface area contributed by atoms with Crippen LogP contribution in [0.2, 0.25) is 0 Å². The van der Waals surface area contributed by atoms with Crippen molar-refractivity contribution in [3.8, 4) is 11.5 Å². The minimum Gasteiger partial charge on any atom is -0.507 e. The molecule has 6 rings (SSSR count). The van der Waals surface area contributed by atoms with E-state index in [1.54, 1.807) is 19.1 Å². The van der Waals surface area contributed by atoms with Crippen molar-refractivity contribution in [3.63, 3.8) is 0 Å². The number of benzene rings is 3. The van der Waals surface area contributed by atoms with Gasteiger partial charge in [-0.25, -0.2) is 4.79 Å². The Morgan fingerprint density at radius 2 is 1.69 bits per heavy atom. The van der Waals surface area contributed by atoms with Crippen LogP contribution in [0.15, 0.2) is 48.5 Å². The summed E-state index contributed by atoms with van der Waals surface area (Å²) >= 11 is 0. The standard InChI is InChI=1S/C32H31N3O12.ClH/c1-14-26(36)20(33)10-22(46-14)47-21-12-32(42,13-45-31(41)34-15-6-8-16(9-7-15)35(43)44)11-19-23(21)30(40)25-24(29(19)39)27(37)17-4-2-3-5-18(17)28(25)38;/h2-9,14,20-22,26,36,39-40,42H,10-13,33H2,1H3,(H,34,41);1H/t14-,20+,21+,22+,26+,32?;/m1./s1. The van der Waals surface area contributed by atoms with Crippen LogP contribution in [0, 0.1) is 10.1 Å². The van der Waals surface area contributed by atoms with Gasteiger partial charge in [0.25, 0.3) is 5.69 Å². The molecule has 16 heteroatoms. The van der Waals surface area contributed by atoms with Crippen LogP contribution in [-0.2, 0) is 20.6 Å². The first-order chi connectivity index (χ1) is 22.3. The van der Waals surface area contributed by atoms with E-state index in [2.05, 4.69) is 5.32 Å². The topological polar surface area (TPSA) is 241 Å². The average Bonchev–Trinajstić information content (AvgIpc) is 3.03. The number of ether oxygens (including phenoxy) is 3. The Morgan fingerprint density at radius 1 is 1.08 bits per heavy atom. The van der Waals surface area contributed by atoms with Crippen LogP contribution < -0.4 is 11.1 Å². The van der Waals surface area contributed by atoms with Crippen LogP contribution in [0.3, 0.4) is 0 Å². The fraction of sp³-hybridized carbons (Fsp3) is 0.344. The Bertz CT molecular complexity index is 1790. The highest BCUT2D eigenvalue weighted by molar-refractivity contribution is 6.30. The van der Waals surface area contributed by atoms with Gasteiger partial charge in [0.1, 0.15) is 23.7 Å². The highest BCUT2D eigenvalue weighted by Crippen LogP contribution is 2.52. The number of non-ortho nitro benzene ring substituents is 1. The summed E-state index contributed by atoms with van der Waals surface area (Å²) in [6.45, 7) is 0.933. The first kappa shape index (κ1) is 34.7. The molecular formula is C32H32ClN3O12. The fourth-order valence-electron chi connectivity index (χ4n) is 6.36. The molecule has 0 radical (unpaired) electrons. The van der Waals surface area contributed by atoms with E-state index in [1.807, 2.05) is 0 Å². The number of halogens is 1. The lowest BCUT2D eigenvalue weighted by Gasteiger charge is -2.42. The lowest BCUT2D eigenvalue weighted by molar-refractivity contribution is -0.384.